The fourth-order valence-electron chi connectivity index (χ4n) is 9.68. The van der Waals surface area contributed by atoms with Gasteiger partial charge in [-0.1, -0.05) is 154 Å². The van der Waals surface area contributed by atoms with E-state index in [1.165, 1.54) is 81.5 Å². The SMILES string of the molecule is CC(C)(C)c1ccc(C2=Cc3ccnc(-c4[c-]c5cccc6c5c(c4)C(C)(C)C6(C)C)c3C23CCCC3)cc1.CCC(CC)C(=O)/C=C(\O)C(CC)CC.[Ir]. The molecular weight excluding hydrogens is 851 g/mol. The molecule has 4 aromatic rings. The Kier molecular flexibility index (Phi) is 12.7. The molecule has 1 spiro atoms. The normalized spacial score (nSPS) is 17.6. The molecule has 295 valence electrons. The van der Waals surface area contributed by atoms with Crippen LogP contribution >= 0.6 is 0 Å². The molecule has 1 saturated carbocycles. The van der Waals surface area contributed by atoms with E-state index in [1.807, 2.05) is 33.9 Å². The van der Waals surface area contributed by atoms with Gasteiger partial charge in [-0.15, -0.1) is 23.6 Å². The van der Waals surface area contributed by atoms with E-state index in [2.05, 4.69) is 115 Å². The fraction of sp³-hybridized carbons (Fsp3) is 0.490. The van der Waals surface area contributed by atoms with Gasteiger partial charge >= 0.3 is 0 Å². The fourth-order valence-corrected chi connectivity index (χ4v) is 9.68. The van der Waals surface area contributed by atoms with Crippen LogP contribution in [0.3, 0.4) is 0 Å². The minimum atomic E-state index is 0. The van der Waals surface area contributed by atoms with Crippen LogP contribution in [0.4, 0.5) is 0 Å². The molecule has 1 heterocycles. The standard InChI is InChI=1S/C38H40N.C13H24O2.Ir/c1-35(2,3)28-15-13-24(14-16-28)30-22-26-17-20-39-34(33(26)38(30)18-8-9-19-38)27-21-25-11-10-12-29-32(25)31(23-27)37(6,7)36(29,4)5;1-5-10(6-2)12(14)9-13(15)11(7-3)8-4;/h10-17,20,22-23H,8-9,18-19H2,1-7H3;9-11,14H,5-8H2,1-4H3;/q-1;;/b;12-9-;. The van der Waals surface area contributed by atoms with E-state index in [0.29, 0.717) is 0 Å². The van der Waals surface area contributed by atoms with E-state index in [1.54, 1.807) is 0 Å². The maximum absolute atomic E-state index is 11.7. The summed E-state index contributed by atoms with van der Waals surface area (Å²) in [5.74, 6) is 0.547. The Morgan fingerprint density at radius 3 is 2.04 bits per heavy atom. The van der Waals surface area contributed by atoms with Crippen molar-refractivity contribution < 1.29 is 30.0 Å². The minimum Gasteiger partial charge on any atom is -0.512 e. The summed E-state index contributed by atoms with van der Waals surface area (Å²) in [5.41, 5.74) is 12.5. The third kappa shape index (κ3) is 7.48. The van der Waals surface area contributed by atoms with Crippen molar-refractivity contribution in [2.24, 2.45) is 11.8 Å². The van der Waals surface area contributed by atoms with Gasteiger partial charge in [0.05, 0.1) is 5.76 Å². The summed E-state index contributed by atoms with van der Waals surface area (Å²) < 4.78 is 0. The van der Waals surface area contributed by atoms with Crippen LogP contribution in [0.5, 0.6) is 0 Å². The van der Waals surface area contributed by atoms with Crippen molar-refractivity contribution in [1.82, 2.24) is 4.98 Å². The predicted molar refractivity (Wildman–Crippen MR) is 229 cm³/mol. The molecule has 1 N–H and O–H groups in total. The molecule has 3 aliphatic rings. The monoisotopic (exact) mass is 915 g/mol. The average molecular weight is 915 g/mol. The molecule has 3 aliphatic carbocycles. The van der Waals surface area contributed by atoms with Gasteiger partial charge in [-0.05, 0) is 88.7 Å². The average Bonchev–Trinajstić information content (AvgIpc) is 3.80. The zero-order valence-electron chi connectivity index (χ0n) is 35.4. The van der Waals surface area contributed by atoms with Gasteiger partial charge in [0, 0.05) is 55.3 Å². The number of nitrogens with zero attached hydrogens (tertiary/aromatic N) is 1. The zero-order valence-corrected chi connectivity index (χ0v) is 37.8. The van der Waals surface area contributed by atoms with Crippen LogP contribution in [0.1, 0.15) is 161 Å². The molecule has 0 saturated heterocycles. The third-order valence-electron chi connectivity index (χ3n) is 13.9. The van der Waals surface area contributed by atoms with E-state index >= 15 is 0 Å². The Morgan fingerprint density at radius 2 is 1.45 bits per heavy atom. The Balaban J connectivity index is 0.000000311. The molecule has 0 unspecified atom stereocenters. The molecule has 4 heteroatoms. The van der Waals surface area contributed by atoms with Gasteiger partial charge in [0.2, 0.25) is 0 Å². The number of carbonyl (C=O) groups excluding carboxylic acids is 1. The topological polar surface area (TPSA) is 50.2 Å². The first-order valence-corrected chi connectivity index (χ1v) is 20.8. The first-order valence-electron chi connectivity index (χ1n) is 20.8. The molecule has 55 heavy (non-hydrogen) atoms. The Bertz CT molecular complexity index is 2080. The van der Waals surface area contributed by atoms with E-state index in [9.17, 15) is 9.90 Å². The Morgan fingerprint density at radius 1 is 0.855 bits per heavy atom. The van der Waals surface area contributed by atoms with Gasteiger partial charge in [-0.2, -0.15) is 0 Å². The molecule has 7 rings (SSSR count). The zero-order chi connectivity index (χ0) is 39.2. The maximum atomic E-state index is 11.7. The second kappa shape index (κ2) is 16.3. The second-order valence-electron chi connectivity index (χ2n) is 18.4. The Hall–Kier alpha value is -3.33. The first kappa shape index (κ1) is 42.8. The number of pyridine rings is 1. The van der Waals surface area contributed by atoms with E-state index in [0.717, 1.165) is 36.9 Å². The van der Waals surface area contributed by atoms with Crippen LogP contribution in [0.25, 0.3) is 33.7 Å². The van der Waals surface area contributed by atoms with Gasteiger partial charge in [0.25, 0.3) is 0 Å². The van der Waals surface area contributed by atoms with E-state index < -0.39 is 0 Å². The van der Waals surface area contributed by atoms with Crippen LogP contribution in [0.2, 0.25) is 0 Å². The van der Waals surface area contributed by atoms with Gasteiger partial charge in [0.15, 0.2) is 5.78 Å². The number of carbonyl (C=O) groups is 1. The van der Waals surface area contributed by atoms with Crippen LogP contribution < -0.4 is 0 Å². The number of allylic oxidation sites excluding steroid dienone is 3. The van der Waals surface area contributed by atoms with Crippen molar-refractivity contribution in [1.29, 1.82) is 0 Å². The minimum absolute atomic E-state index is 0. The summed E-state index contributed by atoms with van der Waals surface area (Å²) in [6.07, 6.45) is 14.3. The Labute approximate surface area is 345 Å². The smallest absolute Gasteiger partial charge is 0.162 e. The summed E-state index contributed by atoms with van der Waals surface area (Å²) >= 11 is 0. The van der Waals surface area contributed by atoms with Crippen molar-refractivity contribution in [3.05, 3.63) is 112 Å². The largest absolute Gasteiger partial charge is 0.512 e. The summed E-state index contributed by atoms with van der Waals surface area (Å²) in [4.78, 5) is 16.8. The molecule has 0 aliphatic heterocycles. The van der Waals surface area contributed by atoms with Crippen LogP contribution in [0.15, 0.2) is 72.6 Å². The van der Waals surface area contributed by atoms with Crippen molar-refractivity contribution >= 4 is 28.2 Å². The van der Waals surface area contributed by atoms with Crippen molar-refractivity contribution in [3.8, 4) is 11.3 Å². The molecule has 1 aromatic heterocycles. The molecular formula is C51H64IrNO2-. The molecule has 3 aromatic carbocycles. The number of aliphatic hydroxyl groups is 1. The van der Waals surface area contributed by atoms with Crippen molar-refractivity contribution in [3.63, 3.8) is 0 Å². The molecule has 0 amide bonds. The molecule has 1 radical (unpaired) electrons. The van der Waals surface area contributed by atoms with Gasteiger partial charge in [-0.3, -0.25) is 9.78 Å². The number of hydrogen-bond donors (Lipinski definition) is 1. The number of benzene rings is 3. The van der Waals surface area contributed by atoms with Gasteiger partial charge < -0.3 is 5.11 Å². The number of aliphatic hydroxyl groups excluding tert-OH is 1. The number of ketones is 1. The predicted octanol–water partition coefficient (Wildman–Crippen LogP) is 13.8. The maximum Gasteiger partial charge on any atom is 0.162 e. The number of fused-ring (bicyclic) bond motifs is 2. The molecule has 1 fully saturated rings. The molecule has 0 atom stereocenters. The van der Waals surface area contributed by atoms with E-state index in [-0.39, 0.29) is 65.1 Å². The van der Waals surface area contributed by atoms with Crippen LogP contribution in [-0.2, 0) is 46.6 Å². The van der Waals surface area contributed by atoms with Crippen molar-refractivity contribution in [2.75, 3.05) is 0 Å². The quantitative estimate of drug-likeness (QED) is 0.103. The molecule has 3 nitrogen and oxygen atoms in total. The first-order chi connectivity index (χ1) is 25.5. The molecule has 0 bridgehead atoms. The summed E-state index contributed by atoms with van der Waals surface area (Å²) in [6.45, 7) is 24.6. The van der Waals surface area contributed by atoms with Gasteiger partial charge in [0.1, 0.15) is 0 Å². The summed E-state index contributed by atoms with van der Waals surface area (Å²) in [5, 5.41) is 12.4. The van der Waals surface area contributed by atoms with E-state index in [4.69, 9.17) is 4.98 Å². The number of hydrogen-bond acceptors (Lipinski definition) is 3. The second-order valence-corrected chi connectivity index (χ2v) is 18.4. The summed E-state index contributed by atoms with van der Waals surface area (Å²) in [6, 6.07) is 24.7. The number of rotatable bonds is 9. The third-order valence-corrected chi connectivity index (χ3v) is 13.9. The number of aromatic nitrogens is 1. The van der Waals surface area contributed by atoms with Crippen molar-refractivity contribution in [2.45, 2.75) is 149 Å². The van der Waals surface area contributed by atoms with Crippen LogP contribution in [0, 0.1) is 17.9 Å². The van der Waals surface area contributed by atoms with Crippen LogP contribution in [-0.4, -0.2) is 15.9 Å². The summed E-state index contributed by atoms with van der Waals surface area (Å²) in [7, 11) is 0. The van der Waals surface area contributed by atoms with Gasteiger partial charge in [-0.25, -0.2) is 0 Å².